The maximum atomic E-state index is 14.0. The number of ether oxygens (including phenoxy) is 1. The van der Waals surface area contributed by atoms with E-state index in [9.17, 15) is 14.0 Å². The number of benzene rings is 2. The monoisotopic (exact) mass is 419 g/mol. The smallest absolute Gasteiger partial charge is 0.205 e. The zero-order valence-corrected chi connectivity index (χ0v) is 17.2. The number of nitrogens with zero attached hydrogens (tertiary/aromatic N) is 2. The first-order chi connectivity index (χ1) is 15.0. The van der Waals surface area contributed by atoms with Gasteiger partial charge in [-0.15, -0.1) is 0 Å². The summed E-state index contributed by atoms with van der Waals surface area (Å²) in [6.45, 7) is 4.12. The molecule has 2 aliphatic rings. The molecule has 1 atom stereocenters. The Labute approximate surface area is 180 Å². The Hall–Kier alpha value is -3.43. The van der Waals surface area contributed by atoms with Crippen molar-refractivity contribution in [2.45, 2.75) is 19.3 Å². The summed E-state index contributed by atoms with van der Waals surface area (Å²) >= 11 is 0. The van der Waals surface area contributed by atoms with E-state index in [4.69, 9.17) is 10.5 Å². The molecule has 2 heterocycles. The van der Waals surface area contributed by atoms with Crippen LogP contribution in [0.5, 0.6) is 0 Å². The fourth-order valence-corrected chi connectivity index (χ4v) is 4.28. The van der Waals surface area contributed by atoms with Gasteiger partial charge in [-0.3, -0.25) is 4.90 Å². The molecule has 158 valence electrons. The van der Waals surface area contributed by atoms with Gasteiger partial charge in [0.05, 0.1) is 5.92 Å². The Morgan fingerprint density at radius 1 is 1.16 bits per heavy atom. The van der Waals surface area contributed by atoms with Crippen LogP contribution in [0.3, 0.4) is 0 Å². The third-order valence-electron chi connectivity index (χ3n) is 5.52. The number of nitrogens with two attached hydrogens (primary N) is 1. The minimum atomic E-state index is -0.500. The molecule has 4 rings (SSSR count). The fourth-order valence-electron chi connectivity index (χ4n) is 4.28. The lowest BCUT2D eigenvalue weighted by molar-refractivity contribution is 0.234. The molecular weight excluding hydrogens is 396 g/mol. The van der Waals surface area contributed by atoms with Gasteiger partial charge in [0, 0.05) is 18.7 Å². The molecule has 0 spiro atoms. The van der Waals surface area contributed by atoms with Gasteiger partial charge in [0.25, 0.3) is 0 Å². The molecule has 31 heavy (non-hydrogen) atoms. The Morgan fingerprint density at radius 3 is 2.58 bits per heavy atom. The Kier molecular flexibility index (Phi) is 5.88. The minimum absolute atomic E-state index is 0.0181. The van der Waals surface area contributed by atoms with Gasteiger partial charge >= 0.3 is 0 Å². The van der Waals surface area contributed by atoms with E-state index in [1.165, 1.54) is 24.3 Å². The van der Waals surface area contributed by atoms with Crippen molar-refractivity contribution in [3.05, 3.63) is 99.7 Å². The Morgan fingerprint density at radius 2 is 1.90 bits per heavy atom. The van der Waals surface area contributed by atoms with Gasteiger partial charge < -0.3 is 10.5 Å². The summed E-state index contributed by atoms with van der Waals surface area (Å²) in [5, 5.41) is 9.80. The highest BCUT2D eigenvalue weighted by molar-refractivity contribution is 5.63. The predicted molar refractivity (Wildman–Crippen MR) is 115 cm³/mol. The largest absolute Gasteiger partial charge is 0.440 e. The highest BCUT2D eigenvalue weighted by Gasteiger charge is 2.37. The number of hydrogen-bond donors (Lipinski definition) is 1. The van der Waals surface area contributed by atoms with Crippen molar-refractivity contribution in [1.82, 2.24) is 4.90 Å². The van der Waals surface area contributed by atoms with Gasteiger partial charge in [-0.25, -0.2) is 8.78 Å². The van der Waals surface area contributed by atoms with Gasteiger partial charge in [-0.2, -0.15) is 5.26 Å². The highest BCUT2D eigenvalue weighted by Crippen LogP contribution is 2.43. The van der Waals surface area contributed by atoms with Crippen molar-refractivity contribution >= 4 is 6.08 Å². The predicted octanol–water partition coefficient (Wildman–Crippen LogP) is 4.84. The summed E-state index contributed by atoms with van der Waals surface area (Å²) in [5.41, 5.74) is 9.48. The average Bonchev–Trinajstić information content (AvgIpc) is 2.73. The Balaban J connectivity index is 1.88. The standard InChI is InChI=1S/C25H23F2N3O/c1-2-9-30-14-18(10-16-5-3-7-19(26)11-16)24-22(15-30)23(21(13-28)25(29)31-24)17-6-4-8-20(27)12-17/h3-8,10-12,23H,2,9,14-15,29H2,1H3/b18-10+. The molecule has 0 fully saturated rings. The quantitative estimate of drug-likeness (QED) is 0.771. The molecule has 4 nitrogen and oxygen atoms in total. The maximum Gasteiger partial charge on any atom is 0.205 e. The summed E-state index contributed by atoms with van der Waals surface area (Å²) in [6.07, 6.45) is 2.83. The van der Waals surface area contributed by atoms with Crippen molar-refractivity contribution in [2.24, 2.45) is 5.73 Å². The third kappa shape index (κ3) is 4.23. The first-order valence-corrected chi connectivity index (χ1v) is 10.2. The van der Waals surface area contributed by atoms with Gasteiger partial charge in [0.2, 0.25) is 5.88 Å². The van der Waals surface area contributed by atoms with Crippen molar-refractivity contribution < 1.29 is 13.5 Å². The minimum Gasteiger partial charge on any atom is -0.440 e. The van der Waals surface area contributed by atoms with Gasteiger partial charge in [-0.1, -0.05) is 31.2 Å². The molecule has 0 amide bonds. The molecule has 0 aliphatic carbocycles. The second kappa shape index (κ2) is 8.75. The highest BCUT2D eigenvalue weighted by atomic mass is 19.1. The molecule has 0 saturated heterocycles. The van der Waals surface area contributed by atoms with Gasteiger partial charge in [0.15, 0.2) is 0 Å². The molecule has 2 aromatic carbocycles. The molecule has 1 unspecified atom stereocenters. The second-order valence-corrected chi connectivity index (χ2v) is 7.77. The first kappa shape index (κ1) is 20.8. The lowest BCUT2D eigenvalue weighted by Gasteiger charge is -2.38. The molecule has 0 radical (unpaired) electrons. The van der Waals surface area contributed by atoms with E-state index in [1.54, 1.807) is 18.2 Å². The van der Waals surface area contributed by atoms with E-state index in [-0.39, 0.29) is 23.1 Å². The molecule has 2 aromatic rings. The zero-order chi connectivity index (χ0) is 22.0. The lowest BCUT2D eigenvalue weighted by atomic mass is 9.80. The first-order valence-electron chi connectivity index (χ1n) is 10.2. The Bertz CT molecular complexity index is 1140. The summed E-state index contributed by atoms with van der Waals surface area (Å²) in [6, 6.07) is 14.7. The van der Waals surface area contributed by atoms with Gasteiger partial charge in [0.1, 0.15) is 29.0 Å². The summed E-state index contributed by atoms with van der Waals surface area (Å²) in [7, 11) is 0. The molecule has 2 N–H and O–H groups in total. The number of rotatable bonds is 4. The van der Waals surface area contributed by atoms with Crippen molar-refractivity contribution in [3.8, 4) is 6.07 Å². The van der Waals surface area contributed by atoms with Crippen LogP contribution >= 0.6 is 0 Å². The summed E-state index contributed by atoms with van der Waals surface area (Å²) in [5.74, 6) is -0.594. The van der Waals surface area contributed by atoms with Crippen molar-refractivity contribution in [1.29, 1.82) is 5.26 Å². The SMILES string of the molecule is CCCN1CC2=C(OC(N)=C(C#N)C2c2cccc(F)c2)/C(=C/c2cccc(F)c2)C1. The third-order valence-corrected chi connectivity index (χ3v) is 5.52. The zero-order valence-electron chi connectivity index (χ0n) is 17.2. The number of nitriles is 1. The summed E-state index contributed by atoms with van der Waals surface area (Å²) < 4.78 is 33.7. The number of halogens is 2. The lowest BCUT2D eigenvalue weighted by Crippen LogP contribution is -2.38. The van der Waals surface area contributed by atoms with E-state index in [1.807, 2.05) is 12.1 Å². The maximum absolute atomic E-state index is 14.0. The van der Waals surface area contributed by atoms with Crippen LogP contribution in [0, 0.1) is 23.0 Å². The molecule has 6 heteroatoms. The van der Waals surface area contributed by atoms with E-state index in [0.29, 0.717) is 30.0 Å². The van der Waals surface area contributed by atoms with E-state index in [2.05, 4.69) is 17.9 Å². The fraction of sp³-hybridized carbons (Fsp3) is 0.240. The van der Waals surface area contributed by atoms with Crippen LogP contribution in [0.4, 0.5) is 8.78 Å². The van der Waals surface area contributed by atoms with E-state index >= 15 is 0 Å². The topological polar surface area (TPSA) is 62.3 Å². The van der Waals surface area contributed by atoms with Crippen molar-refractivity contribution in [2.75, 3.05) is 19.6 Å². The molecular formula is C25H23F2N3O. The molecule has 0 saturated carbocycles. The van der Waals surface area contributed by atoms with Gasteiger partial charge in [-0.05, 0) is 60.0 Å². The average molecular weight is 419 g/mol. The normalized spacial score (nSPS) is 20.5. The number of hydrogen-bond acceptors (Lipinski definition) is 4. The van der Waals surface area contributed by atoms with Crippen LogP contribution in [0.25, 0.3) is 6.08 Å². The van der Waals surface area contributed by atoms with Crippen LogP contribution in [0.2, 0.25) is 0 Å². The van der Waals surface area contributed by atoms with Crippen molar-refractivity contribution in [3.63, 3.8) is 0 Å². The van der Waals surface area contributed by atoms with E-state index < -0.39 is 5.92 Å². The summed E-state index contributed by atoms with van der Waals surface area (Å²) in [4.78, 5) is 2.25. The molecule has 0 aromatic heterocycles. The molecule has 0 bridgehead atoms. The molecule has 2 aliphatic heterocycles. The van der Waals surface area contributed by atoms with Crippen LogP contribution in [-0.2, 0) is 4.74 Å². The number of allylic oxidation sites excluding steroid dienone is 1. The van der Waals surface area contributed by atoms with Crippen LogP contribution in [-0.4, -0.2) is 24.5 Å². The van der Waals surface area contributed by atoms with E-state index in [0.717, 1.165) is 24.1 Å². The van der Waals surface area contributed by atoms with Crippen LogP contribution in [0.15, 0.2) is 76.9 Å². The van der Waals surface area contributed by atoms with Crippen LogP contribution in [0.1, 0.15) is 30.4 Å². The second-order valence-electron chi connectivity index (χ2n) is 7.77. The van der Waals surface area contributed by atoms with Crippen LogP contribution < -0.4 is 5.73 Å².